The number of amidine groups is 1. The predicted octanol–water partition coefficient (Wildman–Crippen LogP) is 4.13. The van der Waals surface area contributed by atoms with Gasteiger partial charge in [-0.05, 0) is 36.8 Å². The van der Waals surface area contributed by atoms with Crippen LogP contribution in [0.4, 0.5) is 18.9 Å². The Kier molecular flexibility index (Phi) is 7.36. The van der Waals surface area contributed by atoms with Crippen LogP contribution in [0.1, 0.15) is 18.9 Å². The van der Waals surface area contributed by atoms with Gasteiger partial charge in [0.2, 0.25) is 0 Å². The zero-order valence-corrected chi connectivity index (χ0v) is 15.3. The van der Waals surface area contributed by atoms with Crippen molar-refractivity contribution in [2.24, 2.45) is 10.9 Å². The van der Waals surface area contributed by atoms with Gasteiger partial charge in [-0.25, -0.2) is 0 Å². The number of anilines is 1. The van der Waals surface area contributed by atoms with Crippen LogP contribution in [-0.4, -0.2) is 30.6 Å². The number of nitrogens with two attached hydrogens (primary N) is 1. The summed E-state index contributed by atoms with van der Waals surface area (Å²) in [7, 11) is 0. The number of hydrogen-bond donors (Lipinski definition) is 2. The van der Waals surface area contributed by atoms with Crippen LogP contribution in [0.2, 0.25) is 0 Å². The van der Waals surface area contributed by atoms with Crippen molar-refractivity contribution < 1.29 is 27.9 Å². The maximum Gasteiger partial charge on any atom is 0.573 e. The van der Waals surface area contributed by atoms with Gasteiger partial charge in [0.15, 0.2) is 0 Å². The molecule has 0 radical (unpaired) electrons. The van der Waals surface area contributed by atoms with E-state index in [0.717, 1.165) is 5.56 Å². The molecule has 0 atom stereocenters. The molecule has 28 heavy (non-hydrogen) atoms. The Morgan fingerprint density at radius 3 is 2.54 bits per heavy atom. The van der Waals surface area contributed by atoms with Crippen LogP contribution < -0.4 is 20.1 Å². The van der Waals surface area contributed by atoms with E-state index in [0.29, 0.717) is 24.5 Å². The molecule has 0 heterocycles. The maximum absolute atomic E-state index is 12.4. The van der Waals surface area contributed by atoms with E-state index >= 15 is 0 Å². The van der Waals surface area contributed by atoms with Crippen molar-refractivity contribution >= 4 is 11.5 Å². The Hall–Kier alpha value is -3.10. The second-order valence-corrected chi connectivity index (χ2v) is 5.90. The van der Waals surface area contributed by atoms with Gasteiger partial charge < -0.3 is 25.3 Å². The number of benzene rings is 2. The fourth-order valence-corrected chi connectivity index (χ4v) is 2.54. The third-order valence-corrected chi connectivity index (χ3v) is 3.83. The summed E-state index contributed by atoms with van der Waals surface area (Å²) in [5, 5.41) is 11.4. The summed E-state index contributed by atoms with van der Waals surface area (Å²) in [6.45, 7) is 3.23. The molecule has 6 nitrogen and oxygen atoms in total. The van der Waals surface area contributed by atoms with E-state index in [1.54, 1.807) is 12.1 Å². The van der Waals surface area contributed by atoms with Crippen LogP contribution in [0.5, 0.6) is 11.5 Å². The van der Waals surface area contributed by atoms with E-state index in [1.807, 2.05) is 30.0 Å². The molecule has 0 aliphatic heterocycles. The van der Waals surface area contributed by atoms with Crippen LogP contribution >= 0.6 is 0 Å². The zero-order valence-electron chi connectivity index (χ0n) is 15.3. The lowest BCUT2D eigenvalue weighted by molar-refractivity contribution is -0.274. The van der Waals surface area contributed by atoms with E-state index in [9.17, 15) is 13.2 Å². The SMILES string of the molecule is CCN(Cc1cccc(OCCC(N)=NO)c1)c1cccc(OC(F)(F)F)c1. The van der Waals surface area contributed by atoms with Crippen molar-refractivity contribution in [1.82, 2.24) is 0 Å². The van der Waals surface area contributed by atoms with Crippen LogP contribution in [0.15, 0.2) is 53.7 Å². The molecule has 0 saturated heterocycles. The van der Waals surface area contributed by atoms with Gasteiger partial charge >= 0.3 is 6.36 Å². The number of hydrogen-bond acceptors (Lipinski definition) is 5. The first-order valence-electron chi connectivity index (χ1n) is 8.59. The molecule has 2 aromatic carbocycles. The lowest BCUT2D eigenvalue weighted by Crippen LogP contribution is -2.22. The Labute approximate surface area is 161 Å². The summed E-state index contributed by atoms with van der Waals surface area (Å²) in [4.78, 5) is 1.92. The van der Waals surface area contributed by atoms with E-state index in [-0.39, 0.29) is 24.6 Å². The van der Waals surface area contributed by atoms with E-state index in [2.05, 4.69) is 9.89 Å². The van der Waals surface area contributed by atoms with Gasteiger partial charge in [-0.3, -0.25) is 0 Å². The Morgan fingerprint density at radius 2 is 1.86 bits per heavy atom. The van der Waals surface area contributed by atoms with Crippen LogP contribution in [0, 0.1) is 0 Å². The summed E-state index contributed by atoms with van der Waals surface area (Å²) in [5.41, 5.74) is 6.93. The van der Waals surface area contributed by atoms with Crippen molar-refractivity contribution in [3.63, 3.8) is 0 Å². The molecule has 0 amide bonds. The number of halogens is 3. The number of rotatable bonds is 9. The van der Waals surface area contributed by atoms with Crippen LogP contribution in [0.3, 0.4) is 0 Å². The van der Waals surface area contributed by atoms with Crippen molar-refractivity contribution in [3.8, 4) is 11.5 Å². The Balaban J connectivity index is 2.06. The lowest BCUT2D eigenvalue weighted by Gasteiger charge is -2.24. The highest BCUT2D eigenvalue weighted by atomic mass is 19.4. The predicted molar refractivity (Wildman–Crippen MR) is 99.8 cm³/mol. The highest BCUT2D eigenvalue weighted by molar-refractivity contribution is 5.79. The molecule has 2 aromatic rings. The molecular weight excluding hydrogens is 375 g/mol. The first-order chi connectivity index (χ1) is 13.3. The van der Waals surface area contributed by atoms with Crippen molar-refractivity contribution in [2.75, 3.05) is 18.1 Å². The first-order valence-corrected chi connectivity index (χ1v) is 8.59. The fourth-order valence-electron chi connectivity index (χ4n) is 2.54. The summed E-state index contributed by atoms with van der Waals surface area (Å²) in [5.74, 6) is 0.436. The zero-order chi connectivity index (χ0) is 20.6. The molecule has 3 N–H and O–H groups in total. The van der Waals surface area contributed by atoms with Gasteiger partial charge in [-0.15, -0.1) is 13.2 Å². The molecule has 0 fully saturated rings. The minimum Gasteiger partial charge on any atom is -0.493 e. The molecule has 0 aromatic heterocycles. The molecule has 0 spiro atoms. The summed E-state index contributed by atoms with van der Waals surface area (Å²) >= 11 is 0. The van der Waals surface area contributed by atoms with Crippen molar-refractivity contribution in [3.05, 3.63) is 54.1 Å². The van der Waals surface area contributed by atoms with Crippen molar-refractivity contribution in [1.29, 1.82) is 0 Å². The third-order valence-electron chi connectivity index (χ3n) is 3.83. The minimum atomic E-state index is -4.73. The smallest absolute Gasteiger partial charge is 0.493 e. The van der Waals surface area contributed by atoms with Crippen LogP contribution in [-0.2, 0) is 6.54 Å². The summed E-state index contributed by atoms with van der Waals surface area (Å²) in [6, 6.07) is 13.2. The minimum absolute atomic E-state index is 0.0780. The van der Waals surface area contributed by atoms with Gasteiger partial charge in [0.05, 0.1) is 6.61 Å². The van der Waals surface area contributed by atoms with E-state index in [4.69, 9.17) is 15.7 Å². The summed E-state index contributed by atoms with van der Waals surface area (Å²) in [6.07, 6.45) is -4.45. The van der Waals surface area contributed by atoms with Gasteiger partial charge in [0, 0.05) is 31.3 Å². The highest BCUT2D eigenvalue weighted by Crippen LogP contribution is 2.28. The van der Waals surface area contributed by atoms with Gasteiger partial charge in [0.1, 0.15) is 17.3 Å². The number of alkyl halides is 3. The third kappa shape index (κ3) is 6.90. The van der Waals surface area contributed by atoms with Gasteiger partial charge in [-0.1, -0.05) is 23.4 Å². The van der Waals surface area contributed by atoms with Gasteiger partial charge in [-0.2, -0.15) is 0 Å². The second kappa shape index (κ2) is 9.72. The van der Waals surface area contributed by atoms with E-state index < -0.39 is 6.36 Å². The lowest BCUT2D eigenvalue weighted by atomic mass is 10.2. The molecule has 0 saturated carbocycles. The summed E-state index contributed by atoms with van der Waals surface area (Å²) < 4.78 is 46.9. The Bertz CT molecular complexity index is 797. The van der Waals surface area contributed by atoms with Crippen LogP contribution in [0.25, 0.3) is 0 Å². The molecule has 0 unspecified atom stereocenters. The topological polar surface area (TPSA) is 80.3 Å². The highest BCUT2D eigenvalue weighted by Gasteiger charge is 2.31. The number of ether oxygens (including phenoxy) is 2. The molecule has 152 valence electrons. The average Bonchev–Trinajstić information content (AvgIpc) is 2.65. The molecule has 0 aliphatic rings. The monoisotopic (exact) mass is 397 g/mol. The Morgan fingerprint density at radius 1 is 1.14 bits per heavy atom. The molecule has 2 rings (SSSR count). The maximum atomic E-state index is 12.4. The number of nitrogens with zero attached hydrogens (tertiary/aromatic N) is 2. The molecule has 0 bridgehead atoms. The fraction of sp³-hybridized carbons (Fsp3) is 0.316. The van der Waals surface area contributed by atoms with Gasteiger partial charge in [0.25, 0.3) is 0 Å². The average molecular weight is 397 g/mol. The standard InChI is InChI=1S/C19H22F3N3O3/c1-2-25(15-6-4-8-17(12-15)28-19(20,21)22)13-14-5-3-7-16(11-14)27-10-9-18(23)24-26/h3-8,11-12,26H,2,9-10,13H2,1H3,(H2,23,24). The molecular formula is C19H22F3N3O3. The van der Waals surface area contributed by atoms with Crippen molar-refractivity contribution in [2.45, 2.75) is 26.3 Å². The first kappa shape index (κ1) is 21.2. The molecule has 9 heteroatoms. The molecule has 0 aliphatic carbocycles. The quantitative estimate of drug-likeness (QED) is 0.288. The second-order valence-electron chi connectivity index (χ2n) is 5.90. The van der Waals surface area contributed by atoms with E-state index in [1.165, 1.54) is 18.2 Å². The normalized spacial score (nSPS) is 11.9. The largest absolute Gasteiger partial charge is 0.573 e. The number of oxime groups is 1.